The molecular formula is C29H27NO3. The van der Waals surface area contributed by atoms with Gasteiger partial charge in [-0.2, -0.15) is 0 Å². The van der Waals surface area contributed by atoms with Gasteiger partial charge in [0.2, 0.25) is 0 Å². The van der Waals surface area contributed by atoms with Crippen LogP contribution in [0.1, 0.15) is 22.3 Å². The van der Waals surface area contributed by atoms with Gasteiger partial charge in [-0.25, -0.2) is 4.79 Å². The van der Waals surface area contributed by atoms with Crippen molar-refractivity contribution in [1.29, 1.82) is 0 Å². The van der Waals surface area contributed by atoms with E-state index in [2.05, 4.69) is 17.4 Å². The number of benzene rings is 4. The molecule has 0 heterocycles. The molecule has 0 unspecified atom stereocenters. The van der Waals surface area contributed by atoms with Gasteiger partial charge in [-0.3, -0.25) is 0 Å². The third-order valence-corrected chi connectivity index (χ3v) is 5.49. The first kappa shape index (κ1) is 22.2. The molecule has 2 N–H and O–H groups in total. The second-order valence-electron chi connectivity index (χ2n) is 7.98. The summed E-state index contributed by atoms with van der Waals surface area (Å²) in [5.41, 5.74) is 5.13. The Morgan fingerprint density at radius 3 is 2.00 bits per heavy atom. The normalized spacial score (nSPS) is 11.5. The van der Waals surface area contributed by atoms with Crippen molar-refractivity contribution in [2.45, 2.75) is 25.5 Å². The minimum absolute atomic E-state index is 0.369. The molecule has 0 spiro atoms. The number of ether oxygens (including phenoxy) is 1. The van der Waals surface area contributed by atoms with E-state index in [1.807, 2.05) is 97.1 Å². The highest BCUT2D eigenvalue weighted by Gasteiger charge is 2.19. The summed E-state index contributed by atoms with van der Waals surface area (Å²) in [5.74, 6) is -0.121. The lowest BCUT2D eigenvalue weighted by atomic mass is 10.0. The van der Waals surface area contributed by atoms with E-state index < -0.39 is 12.0 Å². The molecule has 4 aromatic carbocycles. The van der Waals surface area contributed by atoms with Crippen LogP contribution in [0.25, 0.3) is 0 Å². The van der Waals surface area contributed by atoms with Crippen LogP contribution in [-0.4, -0.2) is 17.1 Å². The summed E-state index contributed by atoms with van der Waals surface area (Å²) in [4.78, 5) is 12.0. The van der Waals surface area contributed by atoms with Crippen molar-refractivity contribution < 1.29 is 14.6 Å². The van der Waals surface area contributed by atoms with Gasteiger partial charge in [0.25, 0.3) is 0 Å². The van der Waals surface area contributed by atoms with E-state index >= 15 is 0 Å². The van der Waals surface area contributed by atoms with Gasteiger partial charge in [-0.15, -0.1) is 0 Å². The fourth-order valence-corrected chi connectivity index (χ4v) is 3.72. The maximum atomic E-state index is 12.0. The summed E-state index contributed by atoms with van der Waals surface area (Å²) in [6.07, 6.45) is 1.11. The number of carboxylic acids is 1. The fourth-order valence-electron chi connectivity index (χ4n) is 3.72. The van der Waals surface area contributed by atoms with Crippen LogP contribution in [0.3, 0.4) is 0 Å². The van der Waals surface area contributed by atoms with Gasteiger partial charge < -0.3 is 15.2 Å². The molecule has 33 heavy (non-hydrogen) atoms. The molecule has 0 aromatic heterocycles. The first-order valence-electron chi connectivity index (χ1n) is 11.0. The van der Waals surface area contributed by atoms with Crippen LogP contribution in [-0.2, 0) is 24.2 Å². The predicted octanol–water partition coefficient (Wildman–Crippen LogP) is 5.96. The van der Waals surface area contributed by atoms with E-state index in [0.29, 0.717) is 13.0 Å². The van der Waals surface area contributed by atoms with Gasteiger partial charge in [0.05, 0.1) is 0 Å². The van der Waals surface area contributed by atoms with Crippen molar-refractivity contribution in [1.82, 2.24) is 0 Å². The van der Waals surface area contributed by atoms with Gasteiger partial charge in [-0.1, -0.05) is 91.0 Å². The molecule has 4 nitrogen and oxygen atoms in total. The number of nitrogens with one attached hydrogen (secondary N) is 1. The van der Waals surface area contributed by atoms with Crippen molar-refractivity contribution in [2.24, 2.45) is 0 Å². The van der Waals surface area contributed by atoms with Gasteiger partial charge in [-0.05, 0) is 46.9 Å². The lowest BCUT2D eigenvalue weighted by Crippen LogP contribution is -2.31. The number of anilines is 1. The maximum absolute atomic E-state index is 12.0. The summed E-state index contributed by atoms with van der Waals surface area (Å²) in [7, 11) is 0. The maximum Gasteiger partial charge on any atom is 0.326 e. The Balaban J connectivity index is 1.41. The molecule has 0 saturated heterocycles. The summed E-state index contributed by atoms with van der Waals surface area (Å²) in [6, 6.07) is 34.9. The van der Waals surface area contributed by atoms with Crippen molar-refractivity contribution in [3.05, 3.63) is 131 Å². The lowest BCUT2D eigenvalue weighted by Gasteiger charge is -2.19. The smallest absolute Gasteiger partial charge is 0.326 e. The third kappa shape index (κ3) is 6.47. The highest BCUT2D eigenvalue weighted by atomic mass is 16.5. The predicted molar refractivity (Wildman–Crippen MR) is 132 cm³/mol. The van der Waals surface area contributed by atoms with Crippen molar-refractivity contribution in [3.63, 3.8) is 0 Å². The van der Waals surface area contributed by atoms with Gasteiger partial charge in [0.1, 0.15) is 18.4 Å². The average molecular weight is 438 g/mol. The summed E-state index contributed by atoms with van der Waals surface area (Å²) in [6.45, 7) is 0.498. The van der Waals surface area contributed by atoms with E-state index in [1.165, 1.54) is 5.56 Å². The second kappa shape index (κ2) is 11.0. The van der Waals surface area contributed by atoms with E-state index in [-0.39, 0.29) is 0 Å². The number of carbonyl (C=O) groups is 1. The SMILES string of the molecule is O=C(O)[C@H](Cc1ccc(OCc2ccccc2)cc1)Nc1ccccc1Cc1ccccc1. The summed E-state index contributed by atoms with van der Waals surface area (Å²) < 4.78 is 5.84. The number of hydrogen-bond acceptors (Lipinski definition) is 3. The third-order valence-electron chi connectivity index (χ3n) is 5.49. The van der Waals surface area contributed by atoms with E-state index in [1.54, 1.807) is 0 Å². The number of hydrogen-bond donors (Lipinski definition) is 2. The molecule has 1 atom stereocenters. The molecule has 0 bridgehead atoms. The van der Waals surface area contributed by atoms with Crippen molar-refractivity contribution in [2.75, 3.05) is 5.32 Å². The van der Waals surface area contributed by atoms with Crippen LogP contribution >= 0.6 is 0 Å². The van der Waals surface area contributed by atoms with E-state index in [0.717, 1.165) is 34.5 Å². The van der Waals surface area contributed by atoms with Crippen LogP contribution in [0.4, 0.5) is 5.69 Å². The molecule has 0 aliphatic heterocycles. The minimum Gasteiger partial charge on any atom is -0.489 e. The molecule has 166 valence electrons. The van der Waals surface area contributed by atoms with E-state index in [9.17, 15) is 9.90 Å². The quantitative estimate of drug-likeness (QED) is 0.321. The highest BCUT2D eigenvalue weighted by Crippen LogP contribution is 2.22. The van der Waals surface area contributed by atoms with Crippen LogP contribution < -0.4 is 10.1 Å². The molecule has 4 aromatic rings. The zero-order valence-corrected chi connectivity index (χ0v) is 18.4. The van der Waals surface area contributed by atoms with Crippen LogP contribution in [0.15, 0.2) is 109 Å². The first-order chi connectivity index (χ1) is 16.2. The Morgan fingerprint density at radius 1 is 0.727 bits per heavy atom. The summed E-state index contributed by atoms with van der Waals surface area (Å²) in [5, 5.41) is 13.1. The van der Waals surface area contributed by atoms with Crippen molar-refractivity contribution >= 4 is 11.7 Å². The molecule has 0 aliphatic rings. The Labute approximate surface area is 194 Å². The Kier molecular flexibility index (Phi) is 7.39. The minimum atomic E-state index is -0.881. The van der Waals surface area contributed by atoms with Gasteiger partial charge >= 0.3 is 5.97 Å². The molecule has 4 rings (SSSR count). The first-order valence-corrected chi connectivity index (χ1v) is 11.0. The largest absolute Gasteiger partial charge is 0.489 e. The van der Waals surface area contributed by atoms with E-state index in [4.69, 9.17) is 4.74 Å². The lowest BCUT2D eigenvalue weighted by molar-refractivity contribution is -0.137. The van der Waals surface area contributed by atoms with Gasteiger partial charge in [0.15, 0.2) is 0 Å². The fraction of sp³-hybridized carbons (Fsp3) is 0.138. The topological polar surface area (TPSA) is 58.6 Å². The molecule has 0 radical (unpaired) electrons. The highest BCUT2D eigenvalue weighted by molar-refractivity contribution is 5.78. The molecular weight excluding hydrogens is 410 g/mol. The summed E-state index contributed by atoms with van der Waals surface area (Å²) >= 11 is 0. The number of carboxylic acid groups (broad SMARTS) is 1. The van der Waals surface area contributed by atoms with Gasteiger partial charge in [0, 0.05) is 12.1 Å². The number of rotatable bonds is 10. The monoisotopic (exact) mass is 437 g/mol. The zero-order valence-electron chi connectivity index (χ0n) is 18.4. The van der Waals surface area contributed by atoms with Crippen LogP contribution in [0.2, 0.25) is 0 Å². The molecule has 0 fully saturated rings. The van der Waals surface area contributed by atoms with Crippen LogP contribution in [0.5, 0.6) is 5.75 Å². The number of aliphatic carboxylic acids is 1. The van der Waals surface area contributed by atoms with Crippen molar-refractivity contribution in [3.8, 4) is 5.75 Å². The average Bonchev–Trinajstić information content (AvgIpc) is 2.85. The molecule has 0 amide bonds. The Morgan fingerprint density at radius 2 is 1.33 bits per heavy atom. The molecule has 4 heteroatoms. The molecule has 0 aliphatic carbocycles. The standard InChI is InChI=1S/C29H27NO3/c31-29(32)28(30-27-14-8-7-13-25(27)19-22-9-3-1-4-10-22)20-23-15-17-26(18-16-23)33-21-24-11-5-2-6-12-24/h1-18,28,30H,19-21H2,(H,31,32)/t28-/m0/s1. The zero-order chi connectivity index (χ0) is 22.9. The number of para-hydroxylation sites is 1. The second-order valence-corrected chi connectivity index (χ2v) is 7.98. The molecule has 0 saturated carbocycles. The van der Waals surface area contributed by atoms with Crippen LogP contribution in [0, 0.1) is 0 Å². The Bertz CT molecular complexity index is 1160. The Hall–Kier alpha value is -4.05.